The van der Waals surface area contributed by atoms with E-state index in [9.17, 15) is 19.1 Å². The van der Waals surface area contributed by atoms with E-state index in [-0.39, 0.29) is 29.2 Å². The van der Waals surface area contributed by atoms with Gasteiger partial charge in [-0.3, -0.25) is 19.8 Å². The number of hydrogen-bond acceptors (Lipinski definition) is 11. The molecule has 0 spiro atoms. The number of rotatable bonds is 20. The molecule has 2 aliphatic rings. The zero-order valence-corrected chi connectivity index (χ0v) is 33.9. The highest BCUT2D eigenvalue weighted by Gasteiger charge is 2.39. The number of thiazole rings is 1. The molecule has 1 atom stereocenters. The van der Waals surface area contributed by atoms with Gasteiger partial charge >= 0.3 is 0 Å². The van der Waals surface area contributed by atoms with Crippen LogP contribution in [-0.4, -0.2) is 117 Å². The Bertz CT molecular complexity index is 1900. The summed E-state index contributed by atoms with van der Waals surface area (Å²) < 4.78 is 37.0. The van der Waals surface area contributed by atoms with E-state index in [1.54, 1.807) is 11.6 Å². The zero-order valence-electron chi connectivity index (χ0n) is 33.1. The lowest BCUT2D eigenvalue weighted by atomic mass is 9.93. The third kappa shape index (κ3) is 12.0. The number of aromatic nitrogens is 1. The third-order valence-electron chi connectivity index (χ3n) is 10.1. The van der Waals surface area contributed by atoms with Gasteiger partial charge in [0.05, 0.1) is 46.2 Å². The van der Waals surface area contributed by atoms with Crippen molar-refractivity contribution in [1.29, 1.82) is 0 Å². The second-order valence-corrected chi connectivity index (χ2v) is 16.3. The molecule has 306 valence electrons. The van der Waals surface area contributed by atoms with Crippen molar-refractivity contribution in [3.63, 3.8) is 0 Å². The Kier molecular flexibility index (Phi) is 15.0. The van der Waals surface area contributed by atoms with Crippen molar-refractivity contribution in [3.8, 4) is 16.9 Å². The van der Waals surface area contributed by atoms with E-state index in [2.05, 4.69) is 65.1 Å². The molecule has 12 nitrogen and oxygen atoms in total. The Hall–Kier alpha value is -4.44. The molecule has 14 heteroatoms. The predicted octanol–water partition coefficient (Wildman–Crippen LogP) is 6.62. The monoisotopic (exact) mass is 803 g/mol. The van der Waals surface area contributed by atoms with Crippen LogP contribution in [0.25, 0.3) is 11.1 Å². The first-order chi connectivity index (χ1) is 27.6. The summed E-state index contributed by atoms with van der Waals surface area (Å²) in [5.41, 5.74) is 4.44. The average Bonchev–Trinajstić information content (AvgIpc) is 3.83. The van der Waals surface area contributed by atoms with Crippen LogP contribution in [0.4, 0.5) is 15.2 Å². The SMILES string of the molecule is CC(C)(C)CCOCCOCCOCCOCCN1CCN(c2ccc(-c3ccc4c(c3)C(=O)N(C(C(=O)Nc3nccs3)c3cc(F)ccc3O)C4)cc2)CC1. The molecular formula is C43H54FN5O7S. The number of ether oxygens (including phenoxy) is 4. The Morgan fingerprint density at radius 1 is 0.860 bits per heavy atom. The molecule has 1 saturated heterocycles. The van der Waals surface area contributed by atoms with Crippen LogP contribution >= 0.6 is 11.3 Å². The maximum absolute atomic E-state index is 14.4. The number of phenols is 1. The summed E-state index contributed by atoms with van der Waals surface area (Å²) in [5.74, 6) is -1.89. The maximum Gasteiger partial charge on any atom is 0.255 e. The van der Waals surface area contributed by atoms with Gasteiger partial charge < -0.3 is 33.9 Å². The van der Waals surface area contributed by atoms with Crippen molar-refractivity contribution >= 4 is 34.0 Å². The van der Waals surface area contributed by atoms with Crippen molar-refractivity contribution < 1.29 is 38.0 Å². The first kappa shape index (κ1) is 42.2. The van der Waals surface area contributed by atoms with Crippen LogP contribution in [0, 0.1) is 11.2 Å². The van der Waals surface area contributed by atoms with Gasteiger partial charge in [0.2, 0.25) is 0 Å². The normalized spacial score (nSPS) is 15.3. The van der Waals surface area contributed by atoms with Gasteiger partial charge in [-0.25, -0.2) is 9.37 Å². The number of nitrogens with one attached hydrogen (secondary N) is 1. The quantitative estimate of drug-likeness (QED) is 0.0943. The van der Waals surface area contributed by atoms with Gasteiger partial charge in [0.25, 0.3) is 11.8 Å². The standard InChI is InChI=1S/C43H54FN5O7S/c1-43(2,3)12-19-53-21-23-55-25-26-56-24-22-54-20-18-47-14-16-48(17-15-47)35-9-6-31(7-10-35)32-4-5-33-30-49(41(52)36(33)28-32)39(37-29-34(44)8-11-38(37)50)40(51)46-42-45-13-27-57-42/h4-11,13,27-29,39,50H,12,14-26,30H2,1-3H3,(H,45,46,51). The summed E-state index contributed by atoms with van der Waals surface area (Å²) in [7, 11) is 0. The lowest BCUT2D eigenvalue weighted by Crippen LogP contribution is -2.47. The van der Waals surface area contributed by atoms with Crippen molar-refractivity contribution in [2.45, 2.75) is 39.8 Å². The molecule has 2 N–H and O–H groups in total. The zero-order chi connectivity index (χ0) is 40.2. The van der Waals surface area contributed by atoms with Crippen LogP contribution in [-0.2, 0) is 30.3 Å². The first-order valence-corrected chi connectivity index (χ1v) is 20.4. The van der Waals surface area contributed by atoms with Crippen molar-refractivity contribution in [3.05, 3.63) is 94.7 Å². The van der Waals surface area contributed by atoms with Crippen LogP contribution in [0.15, 0.2) is 72.2 Å². The molecule has 57 heavy (non-hydrogen) atoms. The summed E-state index contributed by atoms with van der Waals surface area (Å²) in [6.45, 7) is 16.1. The molecule has 4 aromatic rings. The minimum absolute atomic E-state index is 0.00190. The highest BCUT2D eigenvalue weighted by Crippen LogP contribution is 2.38. The molecule has 0 aliphatic carbocycles. The second-order valence-electron chi connectivity index (χ2n) is 15.4. The molecule has 0 saturated carbocycles. The van der Waals surface area contributed by atoms with Crippen molar-refractivity contribution in [2.75, 3.05) is 95.8 Å². The van der Waals surface area contributed by atoms with Gasteiger partial charge in [-0.05, 0) is 64.9 Å². The lowest BCUT2D eigenvalue weighted by Gasteiger charge is -2.36. The molecule has 1 aromatic heterocycles. The summed E-state index contributed by atoms with van der Waals surface area (Å²) in [4.78, 5) is 37.8. The topological polar surface area (TPSA) is 126 Å². The molecule has 3 aromatic carbocycles. The molecular weight excluding hydrogens is 750 g/mol. The van der Waals surface area contributed by atoms with Crippen LogP contribution in [0.3, 0.4) is 0 Å². The van der Waals surface area contributed by atoms with E-state index in [4.69, 9.17) is 18.9 Å². The van der Waals surface area contributed by atoms with Gasteiger partial charge in [0.15, 0.2) is 5.13 Å². The molecule has 0 radical (unpaired) electrons. The lowest BCUT2D eigenvalue weighted by molar-refractivity contribution is -0.120. The summed E-state index contributed by atoms with van der Waals surface area (Å²) in [6, 6.07) is 16.1. The van der Waals surface area contributed by atoms with E-state index in [1.165, 1.54) is 22.3 Å². The number of carbonyl (C=O) groups is 2. The van der Waals surface area contributed by atoms with Crippen LogP contribution in [0.2, 0.25) is 0 Å². The summed E-state index contributed by atoms with van der Waals surface area (Å²) in [5, 5.41) is 15.4. The number of aromatic hydroxyl groups is 1. The van der Waals surface area contributed by atoms with E-state index >= 15 is 0 Å². The molecule has 2 aliphatic heterocycles. The number of fused-ring (bicyclic) bond motifs is 1. The number of piperazine rings is 1. The number of anilines is 2. The minimum Gasteiger partial charge on any atom is -0.508 e. The first-order valence-electron chi connectivity index (χ1n) is 19.6. The van der Waals surface area contributed by atoms with E-state index in [1.807, 2.05) is 18.2 Å². The van der Waals surface area contributed by atoms with Crippen LogP contribution < -0.4 is 10.2 Å². The van der Waals surface area contributed by atoms with Crippen molar-refractivity contribution in [2.24, 2.45) is 5.41 Å². The van der Waals surface area contributed by atoms with Gasteiger partial charge in [0.1, 0.15) is 17.6 Å². The number of phenolic OH excluding ortho intramolecular Hbond substituents is 1. The number of nitrogens with zero attached hydrogens (tertiary/aromatic N) is 4. The van der Waals surface area contributed by atoms with Gasteiger partial charge in [-0.2, -0.15) is 0 Å². The molecule has 2 amide bonds. The Balaban J connectivity index is 0.924. The highest BCUT2D eigenvalue weighted by atomic mass is 32.1. The fourth-order valence-electron chi connectivity index (χ4n) is 6.79. The van der Waals surface area contributed by atoms with Gasteiger partial charge in [-0.1, -0.05) is 45.0 Å². The summed E-state index contributed by atoms with van der Waals surface area (Å²) >= 11 is 1.22. The number of halogens is 1. The fraction of sp³-hybridized carbons (Fsp3) is 0.465. The summed E-state index contributed by atoms with van der Waals surface area (Å²) in [6.07, 6.45) is 2.58. The smallest absolute Gasteiger partial charge is 0.255 e. The van der Waals surface area contributed by atoms with Crippen molar-refractivity contribution in [1.82, 2.24) is 14.8 Å². The largest absolute Gasteiger partial charge is 0.508 e. The minimum atomic E-state index is -1.28. The number of carbonyl (C=O) groups excluding carboxylic acids is 2. The van der Waals surface area contributed by atoms with Crippen LogP contribution in [0.5, 0.6) is 5.75 Å². The van der Waals surface area contributed by atoms with E-state index < -0.39 is 17.8 Å². The maximum atomic E-state index is 14.4. The Morgan fingerprint density at radius 2 is 1.51 bits per heavy atom. The Labute approximate surface area is 338 Å². The van der Waals surface area contributed by atoms with Gasteiger partial charge in [0, 0.05) is 74.3 Å². The third-order valence-corrected chi connectivity index (χ3v) is 10.7. The number of amides is 2. The molecule has 1 unspecified atom stereocenters. The van der Waals surface area contributed by atoms with E-state index in [0.29, 0.717) is 56.9 Å². The second kappa shape index (κ2) is 20.3. The fourth-order valence-corrected chi connectivity index (χ4v) is 7.33. The molecule has 6 rings (SSSR count). The molecule has 0 bridgehead atoms. The van der Waals surface area contributed by atoms with E-state index in [0.717, 1.165) is 80.3 Å². The number of hydrogen-bond donors (Lipinski definition) is 2. The average molecular weight is 804 g/mol. The molecule has 1 fully saturated rings. The predicted molar refractivity (Wildman–Crippen MR) is 219 cm³/mol. The number of benzene rings is 3. The molecule has 3 heterocycles. The highest BCUT2D eigenvalue weighted by molar-refractivity contribution is 7.13. The van der Waals surface area contributed by atoms with Gasteiger partial charge in [-0.15, -0.1) is 11.3 Å². The van der Waals surface area contributed by atoms with Crippen LogP contribution in [0.1, 0.15) is 54.7 Å². The Morgan fingerprint density at radius 3 is 2.16 bits per heavy atom.